The minimum Gasteiger partial charge on any atom is -0.462 e. The summed E-state index contributed by atoms with van der Waals surface area (Å²) in [7, 11) is 0. The normalized spacial score (nSPS) is 14.8. The first-order valence-electron chi connectivity index (χ1n) is 7.30. The molecule has 25 heavy (non-hydrogen) atoms. The topological polar surface area (TPSA) is 129 Å². The summed E-state index contributed by atoms with van der Waals surface area (Å²) in [4.78, 5) is 44.6. The number of halogens is 1. The molecule has 0 saturated heterocycles. The van der Waals surface area contributed by atoms with Gasteiger partial charge in [-0.1, -0.05) is 0 Å². The highest BCUT2D eigenvalue weighted by molar-refractivity contribution is 6.21. The number of carbonyl (C=O) groups excluding carboxylic acids is 4. The van der Waals surface area contributed by atoms with E-state index in [4.69, 9.17) is 35.8 Å². The lowest BCUT2D eigenvalue weighted by molar-refractivity contribution is -0.185. The molecule has 1 unspecified atom stereocenters. The fraction of sp³-hybridized carbons (Fsp3) is 0.667. The molecule has 0 amide bonds. The second-order valence-electron chi connectivity index (χ2n) is 4.93. The molecule has 0 aromatic rings. The van der Waals surface area contributed by atoms with Gasteiger partial charge >= 0.3 is 17.9 Å². The van der Waals surface area contributed by atoms with Crippen molar-refractivity contribution in [3.05, 3.63) is 0 Å². The van der Waals surface area contributed by atoms with Crippen LogP contribution in [0.4, 0.5) is 0 Å². The van der Waals surface area contributed by atoms with Crippen LogP contribution < -0.4 is 0 Å². The third-order valence-corrected chi connectivity index (χ3v) is 3.33. The Morgan fingerprint density at radius 3 is 2.08 bits per heavy atom. The van der Waals surface area contributed by atoms with Crippen LogP contribution in [0.5, 0.6) is 0 Å². The molecule has 0 aromatic heterocycles. The molecule has 0 fully saturated rings. The predicted molar refractivity (Wildman–Crippen MR) is 83.2 cm³/mol. The maximum Gasteiger partial charge on any atom is 0.303 e. The Bertz CT molecular complexity index is 518. The van der Waals surface area contributed by atoms with Crippen molar-refractivity contribution < 1.29 is 38.1 Å². The van der Waals surface area contributed by atoms with Gasteiger partial charge in [-0.25, -0.2) is 0 Å². The molecule has 0 rings (SSSR count). The minimum atomic E-state index is -1.33. The van der Waals surface area contributed by atoms with Gasteiger partial charge in [0.25, 0.3) is 6.47 Å². The quantitative estimate of drug-likeness (QED) is 0.223. The molecule has 0 saturated carbocycles. The summed E-state index contributed by atoms with van der Waals surface area (Å²) < 4.78 is 19.8. The monoisotopic (exact) mass is 377 g/mol. The molecular formula is C15H20ClNO8. The van der Waals surface area contributed by atoms with E-state index in [1.54, 1.807) is 0 Å². The van der Waals surface area contributed by atoms with Crippen molar-refractivity contribution in [3.8, 4) is 6.07 Å². The number of hydrogen-bond donors (Lipinski definition) is 0. The summed E-state index contributed by atoms with van der Waals surface area (Å²) in [6.07, 6.45) is -3.63. The predicted octanol–water partition coefficient (Wildman–Crippen LogP) is 0.866. The van der Waals surface area contributed by atoms with E-state index >= 15 is 0 Å². The maximum absolute atomic E-state index is 11.4. The zero-order chi connectivity index (χ0) is 19.4. The number of hydrogen-bond acceptors (Lipinski definition) is 9. The number of nitrogens with zero attached hydrogens (tertiary/aromatic N) is 1. The van der Waals surface area contributed by atoms with Crippen LogP contribution in [0.3, 0.4) is 0 Å². The molecule has 10 heteroatoms. The van der Waals surface area contributed by atoms with Gasteiger partial charge in [-0.2, -0.15) is 5.26 Å². The van der Waals surface area contributed by atoms with Crippen LogP contribution in [0.25, 0.3) is 0 Å². The Labute approximate surface area is 150 Å². The lowest BCUT2D eigenvalue weighted by Gasteiger charge is -2.33. The van der Waals surface area contributed by atoms with Crippen LogP contribution in [-0.2, 0) is 38.1 Å². The van der Waals surface area contributed by atoms with Gasteiger partial charge in [-0.15, -0.1) is 11.6 Å². The molecule has 0 aliphatic heterocycles. The number of ether oxygens (including phenoxy) is 4. The number of esters is 3. The highest BCUT2D eigenvalue weighted by Gasteiger charge is 2.41. The largest absolute Gasteiger partial charge is 0.462 e. The van der Waals surface area contributed by atoms with Crippen molar-refractivity contribution in [2.24, 2.45) is 0 Å². The van der Waals surface area contributed by atoms with Crippen LogP contribution in [0.1, 0.15) is 33.6 Å². The fourth-order valence-corrected chi connectivity index (χ4v) is 2.24. The Morgan fingerprint density at radius 1 is 1.08 bits per heavy atom. The van der Waals surface area contributed by atoms with E-state index in [2.05, 4.69) is 0 Å². The van der Waals surface area contributed by atoms with Gasteiger partial charge < -0.3 is 18.9 Å². The Kier molecular flexibility index (Phi) is 11.0. The van der Waals surface area contributed by atoms with Crippen LogP contribution in [0.15, 0.2) is 0 Å². The summed E-state index contributed by atoms with van der Waals surface area (Å²) >= 11 is 6.18. The summed E-state index contributed by atoms with van der Waals surface area (Å²) in [5.41, 5.74) is 0. The zero-order valence-corrected chi connectivity index (χ0v) is 14.9. The highest BCUT2D eigenvalue weighted by Crippen LogP contribution is 2.23. The van der Waals surface area contributed by atoms with Gasteiger partial charge in [0.15, 0.2) is 18.3 Å². The third kappa shape index (κ3) is 9.52. The van der Waals surface area contributed by atoms with Gasteiger partial charge in [0.2, 0.25) is 0 Å². The first-order valence-corrected chi connectivity index (χ1v) is 7.74. The third-order valence-electron chi connectivity index (χ3n) is 2.86. The van der Waals surface area contributed by atoms with Crippen molar-refractivity contribution in [1.82, 2.24) is 0 Å². The summed E-state index contributed by atoms with van der Waals surface area (Å²) in [6.45, 7) is 2.99. The average molecular weight is 378 g/mol. The molecule has 0 heterocycles. The van der Waals surface area contributed by atoms with Crippen molar-refractivity contribution in [1.29, 1.82) is 5.26 Å². The van der Waals surface area contributed by atoms with Gasteiger partial charge in [-0.05, 0) is 6.42 Å². The molecule has 0 radical (unpaired) electrons. The van der Waals surface area contributed by atoms with Crippen LogP contribution in [-0.4, -0.2) is 54.7 Å². The molecule has 0 bridgehead atoms. The van der Waals surface area contributed by atoms with E-state index in [9.17, 15) is 19.2 Å². The molecule has 0 spiro atoms. The van der Waals surface area contributed by atoms with E-state index in [-0.39, 0.29) is 19.3 Å². The van der Waals surface area contributed by atoms with Gasteiger partial charge in [-0.3, -0.25) is 19.2 Å². The van der Waals surface area contributed by atoms with Gasteiger partial charge in [0.1, 0.15) is 6.61 Å². The van der Waals surface area contributed by atoms with Crippen molar-refractivity contribution in [2.45, 2.75) is 57.3 Å². The lowest BCUT2D eigenvalue weighted by atomic mass is 10.0. The van der Waals surface area contributed by atoms with Crippen molar-refractivity contribution >= 4 is 36.0 Å². The summed E-state index contributed by atoms with van der Waals surface area (Å²) in [5, 5.41) is 7.76. The molecule has 4 atom stereocenters. The molecule has 0 aliphatic rings. The molecular weight excluding hydrogens is 358 g/mol. The van der Waals surface area contributed by atoms with Gasteiger partial charge in [0.05, 0.1) is 11.4 Å². The van der Waals surface area contributed by atoms with Crippen molar-refractivity contribution in [3.63, 3.8) is 0 Å². The Hall–Kier alpha value is -2.34. The van der Waals surface area contributed by atoms with Crippen LogP contribution in [0, 0.1) is 11.3 Å². The first-order chi connectivity index (χ1) is 11.7. The minimum absolute atomic E-state index is 0.0574. The van der Waals surface area contributed by atoms with Crippen molar-refractivity contribution in [2.75, 3.05) is 6.61 Å². The number of alkyl halides is 1. The Morgan fingerprint density at radius 2 is 1.64 bits per heavy atom. The Balaban J connectivity index is 5.60. The standard InChI is InChI=1S/C15H20ClNO8/c1-9(19)22-7-13(23-8-18)15(25-11(3)21)14(24-10(2)20)12(16)5-4-6-17/h8,12-15H,4-5,7H2,1-3H3/t12?,13-,14-,15-/m1/s1. The zero-order valence-electron chi connectivity index (χ0n) is 14.1. The van der Waals surface area contributed by atoms with E-state index in [0.717, 1.165) is 20.8 Å². The molecule has 140 valence electrons. The first kappa shape index (κ1) is 22.7. The van der Waals surface area contributed by atoms with Gasteiger partial charge in [0, 0.05) is 27.2 Å². The number of carbonyl (C=O) groups is 4. The fourth-order valence-electron chi connectivity index (χ4n) is 1.93. The number of rotatable bonds is 11. The lowest BCUT2D eigenvalue weighted by Crippen LogP contribution is -2.50. The second kappa shape index (κ2) is 12.1. The number of nitriles is 1. The van der Waals surface area contributed by atoms with E-state index in [1.807, 2.05) is 6.07 Å². The summed E-state index contributed by atoms with van der Waals surface area (Å²) in [5.74, 6) is -2.13. The molecule has 9 nitrogen and oxygen atoms in total. The second-order valence-corrected chi connectivity index (χ2v) is 5.49. The molecule has 0 N–H and O–H groups in total. The van der Waals surface area contributed by atoms with E-state index < -0.39 is 48.2 Å². The van der Waals surface area contributed by atoms with Crippen LogP contribution in [0.2, 0.25) is 0 Å². The van der Waals surface area contributed by atoms with E-state index in [0.29, 0.717) is 0 Å². The molecule has 0 aromatic carbocycles. The highest BCUT2D eigenvalue weighted by atomic mass is 35.5. The maximum atomic E-state index is 11.4. The molecule has 0 aliphatic carbocycles. The average Bonchev–Trinajstić information content (AvgIpc) is 2.51. The smallest absolute Gasteiger partial charge is 0.303 e. The van der Waals surface area contributed by atoms with E-state index in [1.165, 1.54) is 0 Å². The summed E-state index contributed by atoms with van der Waals surface area (Å²) in [6, 6.07) is 1.89. The SMILES string of the molecule is CC(=O)OC[C@@H](OC=O)[C@@H](OC(C)=O)[C@H](OC(C)=O)C(Cl)CCC#N. The van der Waals surface area contributed by atoms with Crippen LogP contribution >= 0.6 is 11.6 Å².